The number of rotatable bonds is 4. The first-order valence-corrected chi connectivity index (χ1v) is 6.73. The van der Waals surface area contributed by atoms with Gasteiger partial charge in [0.15, 0.2) is 0 Å². The van der Waals surface area contributed by atoms with E-state index in [0.717, 1.165) is 17.1 Å². The molecule has 0 fully saturated rings. The van der Waals surface area contributed by atoms with E-state index < -0.39 is 5.54 Å². The Morgan fingerprint density at radius 2 is 2.22 bits per heavy atom. The van der Waals surface area contributed by atoms with Crippen LogP contribution in [0.2, 0.25) is 0 Å². The second kappa shape index (κ2) is 5.12. The number of pyridine rings is 1. The summed E-state index contributed by atoms with van der Waals surface area (Å²) in [4.78, 5) is 8.52. The smallest absolute Gasteiger partial charge is 0.141 e. The lowest BCUT2D eigenvalue weighted by Crippen LogP contribution is -2.39. The first kappa shape index (κ1) is 13.1. The van der Waals surface area contributed by atoms with Crippen LogP contribution in [0, 0.1) is 12.7 Å². The summed E-state index contributed by atoms with van der Waals surface area (Å²) in [5.74, 6) is -0.346. The van der Waals surface area contributed by atoms with Crippen molar-refractivity contribution in [2.45, 2.75) is 32.2 Å². The van der Waals surface area contributed by atoms with Gasteiger partial charge in [-0.1, -0.05) is 6.92 Å². The van der Waals surface area contributed by atoms with Gasteiger partial charge >= 0.3 is 0 Å². The molecule has 96 valence electrons. The standard InChI is InChI=1S/C13H16FN3S/c1-3-13(15,6-11-8-18-9(2)17-11)12-5-4-10(14)7-16-12/h4-5,7-8H,3,6,15H2,1-2H3. The zero-order valence-electron chi connectivity index (χ0n) is 10.5. The molecule has 2 rings (SSSR count). The molecule has 0 aliphatic heterocycles. The Bertz CT molecular complexity index is 523. The minimum absolute atomic E-state index is 0.346. The van der Waals surface area contributed by atoms with Crippen LogP contribution in [0.3, 0.4) is 0 Å². The van der Waals surface area contributed by atoms with Crippen LogP contribution in [0.5, 0.6) is 0 Å². The maximum atomic E-state index is 12.9. The lowest BCUT2D eigenvalue weighted by molar-refractivity contribution is 0.407. The predicted octanol–water partition coefficient (Wildman–Crippen LogP) is 2.79. The third kappa shape index (κ3) is 2.73. The monoisotopic (exact) mass is 265 g/mol. The molecule has 0 saturated carbocycles. The molecule has 2 aromatic rings. The lowest BCUT2D eigenvalue weighted by atomic mass is 9.88. The van der Waals surface area contributed by atoms with Gasteiger partial charge in [-0.15, -0.1) is 11.3 Å². The van der Waals surface area contributed by atoms with Crippen molar-refractivity contribution in [1.29, 1.82) is 0 Å². The molecule has 0 saturated heterocycles. The topological polar surface area (TPSA) is 51.8 Å². The van der Waals surface area contributed by atoms with E-state index in [9.17, 15) is 4.39 Å². The quantitative estimate of drug-likeness (QED) is 0.924. The number of hydrogen-bond donors (Lipinski definition) is 1. The molecule has 3 nitrogen and oxygen atoms in total. The van der Waals surface area contributed by atoms with E-state index in [2.05, 4.69) is 9.97 Å². The highest BCUT2D eigenvalue weighted by atomic mass is 32.1. The normalized spacial score (nSPS) is 14.4. The molecule has 18 heavy (non-hydrogen) atoms. The van der Waals surface area contributed by atoms with Gasteiger partial charge in [0.2, 0.25) is 0 Å². The van der Waals surface area contributed by atoms with Gasteiger partial charge in [0.1, 0.15) is 5.82 Å². The van der Waals surface area contributed by atoms with E-state index >= 15 is 0 Å². The molecule has 0 bridgehead atoms. The summed E-state index contributed by atoms with van der Waals surface area (Å²) < 4.78 is 12.9. The first-order valence-electron chi connectivity index (χ1n) is 5.85. The maximum absolute atomic E-state index is 12.9. The van der Waals surface area contributed by atoms with Crippen LogP contribution in [0.25, 0.3) is 0 Å². The van der Waals surface area contributed by atoms with E-state index in [0.29, 0.717) is 12.1 Å². The minimum Gasteiger partial charge on any atom is -0.320 e. The average molecular weight is 265 g/mol. The largest absolute Gasteiger partial charge is 0.320 e. The minimum atomic E-state index is -0.589. The Morgan fingerprint density at radius 3 is 2.72 bits per heavy atom. The molecule has 0 aromatic carbocycles. The van der Waals surface area contributed by atoms with Crippen molar-refractivity contribution >= 4 is 11.3 Å². The van der Waals surface area contributed by atoms with Gasteiger partial charge in [0.25, 0.3) is 0 Å². The second-order valence-electron chi connectivity index (χ2n) is 4.41. The Kier molecular flexibility index (Phi) is 3.73. The number of thiazole rings is 1. The molecule has 0 aliphatic rings. The summed E-state index contributed by atoms with van der Waals surface area (Å²) in [5.41, 5.74) is 7.47. The number of aryl methyl sites for hydroxylation is 1. The van der Waals surface area contributed by atoms with Crippen LogP contribution < -0.4 is 5.73 Å². The van der Waals surface area contributed by atoms with E-state index in [-0.39, 0.29) is 5.82 Å². The molecule has 2 aromatic heterocycles. The number of nitrogens with zero attached hydrogens (tertiary/aromatic N) is 2. The van der Waals surface area contributed by atoms with Crippen molar-refractivity contribution in [1.82, 2.24) is 9.97 Å². The highest BCUT2D eigenvalue weighted by molar-refractivity contribution is 7.09. The van der Waals surface area contributed by atoms with Gasteiger partial charge in [-0.2, -0.15) is 0 Å². The van der Waals surface area contributed by atoms with Gasteiger partial charge in [-0.05, 0) is 25.5 Å². The molecular formula is C13H16FN3S. The summed E-state index contributed by atoms with van der Waals surface area (Å²) >= 11 is 1.61. The maximum Gasteiger partial charge on any atom is 0.141 e. The zero-order valence-corrected chi connectivity index (χ0v) is 11.3. The van der Waals surface area contributed by atoms with E-state index in [1.165, 1.54) is 12.3 Å². The van der Waals surface area contributed by atoms with Crippen molar-refractivity contribution < 1.29 is 4.39 Å². The molecule has 1 unspecified atom stereocenters. The molecule has 0 amide bonds. The Balaban J connectivity index is 2.27. The van der Waals surface area contributed by atoms with Crippen LogP contribution in [0.15, 0.2) is 23.7 Å². The van der Waals surface area contributed by atoms with Crippen LogP contribution in [0.4, 0.5) is 4.39 Å². The third-order valence-corrected chi connectivity index (χ3v) is 3.85. The van der Waals surface area contributed by atoms with Crippen LogP contribution >= 0.6 is 11.3 Å². The molecule has 0 radical (unpaired) electrons. The summed E-state index contributed by atoms with van der Waals surface area (Å²) in [5, 5.41) is 3.03. The van der Waals surface area contributed by atoms with Gasteiger partial charge in [-0.3, -0.25) is 4.98 Å². The van der Waals surface area contributed by atoms with Gasteiger partial charge in [0, 0.05) is 11.8 Å². The first-order chi connectivity index (χ1) is 8.53. The highest BCUT2D eigenvalue weighted by Crippen LogP contribution is 2.25. The van der Waals surface area contributed by atoms with Crippen LogP contribution in [-0.2, 0) is 12.0 Å². The number of halogens is 1. The highest BCUT2D eigenvalue weighted by Gasteiger charge is 2.28. The molecule has 1 atom stereocenters. The van der Waals surface area contributed by atoms with Gasteiger partial charge in [0.05, 0.1) is 28.1 Å². The van der Waals surface area contributed by atoms with Crippen LogP contribution in [-0.4, -0.2) is 9.97 Å². The fourth-order valence-electron chi connectivity index (χ4n) is 1.88. The summed E-state index contributed by atoms with van der Waals surface area (Å²) in [6.07, 6.45) is 2.55. The predicted molar refractivity (Wildman–Crippen MR) is 70.9 cm³/mol. The van der Waals surface area contributed by atoms with Crippen molar-refractivity contribution in [2.24, 2.45) is 5.73 Å². The summed E-state index contributed by atoms with van der Waals surface area (Å²) in [6.45, 7) is 3.97. The molecule has 0 aliphatic carbocycles. The molecule has 5 heteroatoms. The number of aromatic nitrogens is 2. The van der Waals surface area contributed by atoms with E-state index in [1.54, 1.807) is 17.4 Å². The number of nitrogens with two attached hydrogens (primary N) is 1. The number of hydrogen-bond acceptors (Lipinski definition) is 4. The summed E-state index contributed by atoms with van der Waals surface area (Å²) in [6, 6.07) is 3.05. The van der Waals surface area contributed by atoms with Crippen molar-refractivity contribution in [3.8, 4) is 0 Å². The van der Waals surface area contributed by atoms with E-state index in [1.807, 2.05) is 19.2 Å². The molecule has 0 spiro atoms. The molecular weight excluding hydrogens is 249 g/mol. The van der Waals surface area contributed by atoms with Crippen LogP contribution in [0.1, 0.15) is 29.7 Å². The summed E-state index contributed by atoms with van der Waals surface area (Å²) in [7, 11) is 0. The van der Waals surface area contributed by atoms with Crippen molar-refractivity contribution in [3.63, 3.8) is 0 Å². The fourth-order valence-corrected chi connectivity index (χ4v) is 2.49. The van der Waals surface area contributed by atoms with Crippen molar-refractivity contribution in [2.75, 3.05) is 0 Å². The van der Waals surface area contributed by atoms with Crippen molar-refractivity contribution in [3.05, 3.63) is 45.9 Å². The van der Waals surface area contributed by atoms with Gasteiger partial charge in [-0.25, -0.2) is 9.37 Å². The zero-order chi connectivity index (χ0) is 13.2. The second-order valence-corrected chi connectivity index (χ2v) is 5.47. The Hall–Kier alpha value is -1.33. The SMILES string of the molecule is CCC(N)(Cc1csc(C)n1)c1ccc(F)cn1. The lowest BCUT2D eigenvalue weighted by Gasteiger charge is -2.26. The Morgan fingerprint density at radius 1 is 1.44 bits per heavy atom. The average Bonchev–Trinajstić information content (AvgIpc) is 2.75. The van der Waals surface area contributed by atoms with E-state index in [4.69, 9.17) is 5.73 Å². The third-order valence-electron chi connectivity index (χ3n) is 3.03. The van der Waals surface area contributed by atoms with Gasteiger partial charge < -0.3 is 5.73 Å². The fraction of sp³-hybridized carbons (Fsp3) is 0.385. The molecule has 2 N–H and O–H groups in total. The molecule has 2 heterocycles. The Labute approximate surface area is 110 Å².